The quantitative estimate of drug-likeness (QED) is 0.503. The topological polar surface area (TPSA) is 77.0 Å². The van der Waals surface area contributed by atoms with Crippen LogP contribution in [0.4, 0.5) is 5.69 Å². The number of benzene rings is 1. The smallest absolute Gasteiger partial charge is 0.141 e. The number of aromatic hydroxyl groups is 1. The molecule has 0 unspecified atom stereocenters. The van der Waals surface area contributed by atoms with Gasteiger partial charge in [-0.3, -0.25) is 4.98 Å². The van der Waals surface area contributed by atoms with Crippen molar-refractivity contribution in [3.8, 4) is 17.1 Å². The SMILES string of the molecule is Cn1c(-c2ccc(N)c(O)c2)nc2ccncc21. The molecule has 5 nitrogen and oxygen atoms in total. The number of fused-ring (bicyclic) bond motifs is 1. The number of rotatable bonds is 1. The van der Waals surface area contributed by atoms with Crippen molar-refractivity contribution in [3.05, 3.63) is 36.7 Å². The molecule has 2 aromatic heterocycles. The third-order valence-corrected chi connectivity index (χ3v) is 2.97. The lowest BCUT2D eigenvalue weighted by Gasteiger charge is -2.04. The molecule has 1 aromatic carbocycles. The highest BCUT2D eigenvalue weighted by Gasteiger charge is 2.10. The number of phenolic OH excluding ortho intramolecular Hbond substituents is 1. The normalized spacial score (nSPS) is 10.9. The summed E-state index contributed by atoms with van der Waals surface area (Å²) in [6.45, 7) is 0. The average Bonchev–Trinajstić information content (AvgIpc) is 2.71. The molecular formula is C13H12N4O. The molecule has 3 rings (SSSR count). The van der Waals surface area contributed by atoms with Crippen molar-refractivity contribution >= 4 is 16.7 Å². The van der Waals surface area contributed by atoms with Crippen LogP contribution in [0.25, 0.3) is 22.4 Å². The Bertz CT molecular complexity index is 733. The maximum absolute atomic E-state index is 9.65. The summed E-state index contributed by atoms with van der Waals surface area (Å²) in [6, 6.07) is 6.98. The molecular weight excluding hydrogens is 228 g/mol. The van der Waals surface area contributed by atoms with Crippen molar-refractivity contribution in [1.29, 1.82) is 0 Å². The summed E-state index contributed by atoms with van der Waals surface area (Å²) < 4.78 is 1.94. The van der Waals surface area contributed by atoms with E-state index in [2.05, 4.69) is 9.97 Å². The third kappa shape index (κ3) is 1.48. The largest absolute Gasteiger partial charge is 0.506 e. The van der Waals surface area contributed by atoms with E-state index in [-0.39, 0.29) is 5.75 Å². The van der Waals surface area contributed by atoms with E-state index in [4.69, 9.17) is 5.73 Å². The number of nitrogens with zero attached hydrogens (tertiary/aromatic N) is 3. The highest BCUT2D eigenvalue weighted by Crippen LogP contribution is 2.28. The number of nitrogen functional groups attached to an aromatic ring is 1. The average molecular weight is 240 g/mol. The molecule has 0 aliphatic carbocycles. The van der Waals surface area contributed by atoms with Crippen LogP contribution in [0.5, 0.6) is 5.75 Å². The fourth-order valence-corrected chi connectivity index (χ4v) is 1.98. The van der Waals surface area contributed by atoms with Crippen LogP contribution in [0.3, 0.4) is 0 Å². The molecule has 2 heterocycles. The summed E-state index contributed by atoms with van der Waals surface area (Å²) in [5, 5.41) is 9.65. The second-order valence-corrected chi connectivity index (χ2v) is 4.13. The fourth-order valence-electron chi connectivity index (χ4n) is 1.98. The van der Waals surface area contributed by atoms with Gasteiger partial charge in [-0.2, -0.15) is 0 Å². The molecule has 0 saturated carbocycles. The number of aromatic nitrogens is 3. The van der Waals surface area contributed by atoms with E-state index in [0.717, 1.165) is 22.4 Å². The Kier molecular flexibility index (Phi) is 2.19. The zero-order valence-electron chi connectivity index (χ0n) is 9.83. The molecule has 3 aromatic rings. The molecule has 5 heteroatoms. The van der Waals surface area contributed by atoms with Gasteiger partial charge < -0.3 is 15.4 Å². The molecule has 0 radical (unpaired) electrons. The number of hydrogen-bond acceptors (Lipinski definition) is 4. The molecule has 0 aliphatic heterocycles. The minimum Gasteiger partial charge on any atom is -0.506 e. The number of nitrogens with two attached hydrogens (primary N) is 1. The predicted molar refractivity (Wildman–Crippen MR) is 70.0 cm³/mol. The molecule has 0 spiro atoms. The maximum atomic E-state index is 9.65. The molecule has 0 saturated heterocycles. The second kappa shape index (κ2) is 3.73. The summed E-state index contributed by atoms with van der Waals surface area (Å²) in [7, 11) is 1.92. The van der Waals surface area contributed by atoms with Crippen LogP contribution in [0.2, 0.25) is 0 Å². The molecule has 90 valence electrons. The Hall–Kier alpha value is -2.56. The zero-order valence-corrected chi connectivity index (χ0v) is 9.83. The van der Waals surface area contributed by atoms with Gasteiger partial charge in [0.2, 0.25) is 0 Å². The molecule has 0 fully saturated rings. The first-order chi connectivity index (χ1) is 8.66. The van der Waals surface area contributed by atoms with Crippen LogP contribution >= 0.6 is 0 Å². The van der Waals surface area contributed by atoms with Gasteiger partial charge in [-0.05, 0) is 24.3 Å². The number of anilines is 1. The van der Waals surface area contributed by atoms with E-state index in [1.807, 2.05) is 23.7 Å². The highest BCUT2D eigenvalue weighted by molar-refractivity contribution is 5.80. The lowest BCUT2D eigenvalue weighted by Crippen LogP contribution is -1.93. The summed E-state index contributed by atoms with van der Waals surface area (Å²) in [5.74, 6) is 0.839. The third-order valence-electron chi connectivity index (χ3n) is 2.97. The molecule has 0 atom stereocenters. The van der Waals surface area contributed by atoms with E-state index < -0.39 is 0 Å². The van der Waals surface area contributed by atoms with E-state index in [9.17, 15) is 5.11 Å². The lowest BCUT2D eigenvalue weighted by molar-refractivity contribution is 0.478. The number of aryl methyl sites for hydroxylation is 1. The Morgan fingerprint density at radius 2 is 2.11 bits per heavy atom. The number of pyridine rings is 1. The number of phenols is 1. The Morgan fingerprint density at radius 1 is 1.28 bits per heavy atom. The Morgan fingerprint density at radius 3 is 2.83 bits per heavy atom. The van der Waals surface area contributed by atoms with Gasteiger partial charge in [-0.25, -0.2) is 4.98 Å². The van der Waals surface area contributed by atoms with Gasteiger partial charge in [0, 0.05) is 18.8 Å². The van der Waals surface area contributed by atoms with Crippen LogP contribution in [0, 0.1) is 0 Å². The highest BCUT2D eigenvalue weighted by atomic mass is 16.3. The summed E-state index contributed by atoms with van der Waals surface area (Å²) in [6.07, 6.45) is 3.47. The number of hydrogen-bond donors (Lipinski definition) is 2. The van der Waals surface area contributed by atoms with E-state index in [0.29, 0.717) is 5.69 Å². The molecule has 0 bridgehead atoms. The van der Waals surface area contributed by atoms with Crippen LogP contribution < -0.4 is 5.73 Å². The number of imidazole rings is 1. The fraction of sp³-hybridized carbons (Fsp3) is 0.0769. The van der Waals surface area contributed by atoms with Crippen molar-refractivity contribution < 1.29 is 5.11 Å². The van der Waals surface area contributed by atoms with Gasteiger partial charge in [0.25, 0.3) is 0 Å². The summed E-state index contributed by atoms with van der Waals surface area (Å²) >= 11 is 0. The predicted octanol–water partition coefficient (Wildman–Crippen LogP) is 1.92. The maximum Gasteiger partial charge on any atom is 0.141 e. The van der Waals surface area contributed by atoms with E-state index in [1.54, 1.807) is 24.5 Å². The van der Waals surface area contributed by atoms with Crippen LogP contribution in [0.15, 0.2) is 36.7 Å². The van der Waals surface area contributed by atoms with Gasteiger partial charge in [-0.15, -0.1) is 0 Å². The molecule has 0 amide bonds. The van der Waals surface area contributed by atoms with E-state index >= 15 is 0 Å². The second-order valence-electron chi connectivity index (χ2n) is 4.13. The first kappa shape index (κ1) is 10.6. The zero-order chi connectivity index (χ0) is 12.7. The lowest BCUT2D eigenvalue weighted by atomic mass is 10.2. The van der Waals surface area contributed by atoms with E-state index in [1.165, 1.54) is 0 Å². The molecule has 3 N–H and O–H groups in total. The van der Waals surface area contributed by atoms with Crippen LogP contribution in [-0.4, -0.2) is 19.6 Å². The summed E-state index contributed by atoms with van der Waals surface area (Å²) in [4.78, 5) is 8.61. The van der Waals surface area contributed by atoms with Crippen molar-refractivity contribution in [2.75, 3.05) is 5.73 Å². The summed E-state index contributed by atoms with van der Waals surface area (Å²) in [5.41, 5.74) is 8.59. The Labute approximate surface area is 104 Å². The van der Waals surface area contributed by atoms with Gasteiger partial charge in [-0.1, -0.05) is 0 Å². The van der Waals surface area contributed by atoms with Gasteiger partial charge in [0.05, 0.1) is 22.9 Å². The van der Waals surface area contributed by atoms with Crippen LogP contribution in [0.1, 0.15) is 0 Å². The standard InChI is InChI=1S/C13H12N4O/c1-17-11-7-15-5-4-10(11)16-13(17)8-2-3-9(14)12(18)6-8/h2-7,18H,14H2,1H3. The first-order valence-corrected chi connectivity index (χ1v) is 5.52. The van der Waals surface area contributed by atoms with Crippen molar-refractivity contribution in [2.45, 2.75) is 0 Å². The molecule has 0 aliphatic rings. The van der Waals surface area contributed by atoms with Crippen LogP contribution in [-0.2, 0) is 7.05 Å². The van der Waals surface area contributed by atoms with Gasteiger partial charge >= 0.3 is 0 Å². The Balaban J connectivity index is 2.25. The van der Waals surface area contributed by atoms with Crippen molar-refractivity contribution in [1.82, 2.24) is 14.5 Å². The molecule has 18 heavy (non-hydrogen) atoms. The van der Waals surface area contributed by atoms with Crippen molar-refractivity contribution in [2.24, 2.45) is 7.05 Å². The minimum absolute atomic E-state index is 0.0673. The van der Waals surface area contributed by atoms with Gasteiger partial charge in [0.15, 0.2) is 0 Å². The first-order valence-electron chi connectivity index (χ1n) is 5.52. The van der Waals surface area contributed by atoms with Crippen molar-refractivity contribution in [3.63, 3.8) is 0 Å². The minimum atomic E-state index is 0.0673. The van der Waals surface area contributed by atoms with Gasteiger partial charge in [0.1, 0.15) is 11.6 Å². The monoisotopic (exact) mass is 240 g/mol.